The number of urea groups is 1. The number of carbonyl (C=O) groups excluding carboxylic acids is 3. The molecule has 8 nitrogen and oxygen atoms in total. The minimum Gasteiger partial charge on any atom is -0.548 e. The van der Waals surface area contributed by atoms with E-state index in [9.17, 15) is 24.6 Å². The summed E-state index contributed by atoms with van der Waals surface area (Å²) >= 11 is 0. The van der Waals surface area contributed by atoms with Crippen molar-refractivity contribution >= 4 is 24.0 Å². The van der Waals surface area contributed by atoms with E-state index in [-0.39, 0.29) is 17.2 Å². The third-order valence-corrected chi connectivity index (χ3v) is 2.76. The Balaban J connectivity index is 2.26. The number of phenols is 1. The molecule has 1 saturated heterocycles. The highest BCUT2D eigenvalue weighted by Crippen LogP contribution is 2.27. The number of aromatic hydroxyl groups is 1. The van der Waals surface area contributed by atoms with E-state index in [1.807, 2.05) is 0 Å². The first-order chi connectivity index (χ1) is 9.92. The Morgan fingerprint density at radius 1 is 1.48 bits per heavy atom. The lowest BCUT2D eigenvalue weighted by molar-refractivity contribution is -0.305. The fourth-order valence-corrected chi connectivity index (χ4v) is 1.81. The number of imide groups is 1. The van der Waals surface area contributed by atoms with Gasteiger partial charge in [-0.15, -0.1) is 0 Å². The number of phenolic OH excluding ortho intramolecular Hbond substituents is 1. The van der Waals surface area contributed by atoms with Gasteiger partial charge in [0, 0.05) is 0 Å². The molecule has 1 heterocycles. The standard InChI is InChI=1S/C13H12N2O6/c1-21-10-3-2-7(5-9(10)16)4-8-12(19)15(6-11(17)18)13(20)14-8/h2-5,16H,6H2,1H3,(H,14,20)(H,17,18)/p-1/b8-4+. The second-order valence-corrected chi connectivity index (χ2v) is 4.18. The van der Waals surface area contributed by atoms with E-state index in [0.29, 0.717) is 10.5 Å². The molecule has 1 aliphatic heterocycles. The van der Waals surface area contributed by atoms with Crippen LogP contribution in [0, 0.1) is 0 Å². The van der Waals surface area contributed by atoms with E-state index in [2.05, 4.69) is 5.32 Å². The summed E-state index contributed by atoms with van der Waals surface area (Å²) in [4.78, 5) is 34.3. The van der Waals surface area contributed by atoms with Gasteiger partial charge in [-0.3, -0.25) is 9.69 Å². The summed E-state index contributed by atoms with van der Waals surface area (Å²) in [7, 11) is 1.39. The van der Waals surface area contributed by atoms with Crippen LogP contribution in [-0.2, 0) is 9.59 Å². The fourth-order valence-electron chi connectivity index (χ4n) is 1.81. The molecule has 2 N–H and O–H groups in total. The number of nitrogens with zero attached hydrogens (tertiary/aromatic N) is 1. The number of rotatable bonds is 4. The monoisotopic (exact) mass is 291 g/mol. The third-order valence-electron chi connectivity index (χ3n) is 2.76. The van der Waals surface area contributed by atoms with Crippen molar-refractivity contribution in [1.29, 1.82) is 0 Å². The lowest BCUT2D eigenvalue weighted by Gasteiger charge is -2.11. The van der Waals surface area contributed by atoms with Gasteiger partial charge in [0.2, 0.25) is 0 Å². The highest BCUT2D eigenvalue weighted by atomic mass is 16.5. The maximum Gasteiger partial charge on any atom is 0.329 e. The van der Waals surface area contributed by atoms with Crippen LogP contribution in [0.2, 0.25) is 0 Å². The summed E-state index contributed by atoms with van der Waals surface area (Å²) in [6, 6.07) is 3.55. The van der Waals surface area contributed by atoms with Crippen LogP contribution in [0.5, 0.6) is 11.5 Å². The molecule has 1 aromatic carbocycles. The molecule has 0 unspecified atom stereocenters. The van der Waals surface area contributed by atoms with Crippen molar-refractivity contribution in [3.05, 3.63) is 29.5 Å². The summed E-state index contributed by atoms with van der Waals surface area (Å²) in [5, 5.41) is 22.4. The van der Waals surface area contributed by atoms with Gasteiger partial charge in [-0.25, -0.2) is 4.79 Å². The highest BCUT2D eigenvalue weighted by molar-refractivity contribution is 6.15. The van der Waals surface area contributed by atoms with Crippen LogP contribution in [-0.4, -0.2) is 41.6 Å². The third kappa shape index (κ3) is 2.94. The topological polar surface area (TPSA) is 119 Å². The number of amides is 3. The molecular formula is C13H11N2O6-. The van der Waals surface area contributed by atoms with Crippen molar-refractivity contribution in [3.8, 4) is 11.5 Å². The Morgan fingerprint density at radius 2 is 2.19 bits per heavy atom. The molecule has 0 atom stereocenters. The molecule has 21 heavy (non-hydrogen) atoms. The van der Waals surface area contributed by atoms with E-state index in [4.69, 9.17) is 4.74 Å². The number of methoxy groups -OCH3 is 1. The minimum atomic E-state index is -1.54. The molecule has 0 saturated carbocycles. The van der Waals surface area contributed by atoms with Gasteiger partial charge in [0.05, 0.1) is 19.6 Å². The Hall–Kier alpha value is -3.03. The van der Waals surface area contributed by atoms with Crippen LogP contribution < -0.4 is 15.2 Å². The Morgan fingerprint density at radius 3 is 2.76 bits per heavy atom. The number of hydrogen-bond acceptors (Lipinski definition) is 6. The zero-order chi connectivity index (χ0) is 15.6. The summed E-state index contributed by atoms with van der Waals surface area (Å²) in [6.45, 7) is -0.824. The molecule has 1 aromatic rings. The molecule has 2 rings (SSSR count). The SMILES string of the molecule is COc1ccc(/C=C2/NC(=O)N(CC(=O)[O-])C2=O)cc1O. The van der Waals surface area contributed by atoms with Gasteiger partial charge in [-0.1, -0.05) is 6.07 Å². The van der Waals surface area contributed by atoms with Crippen LogP contribution in [0.15, 0.2) is 23.9 Å². The van der Waals surface area contributed by atoms with Crippen LogP contribution >= 0.6 is 0 Å². The van der Waals surface area contributed by atoms with Crippen LogP contribution in [0.3, 0.4) is 0 Å². The molecule has 0 aliphatic carbocycles. The second kappa shape index (κ2) is 5.53. The van der Waals surface area contributed by atoms with E-state index >= 15 is 0 Å². The second-order valence-electron chi connectivity index (χ2n) is 4.18. The number of ether oxygens (including phenoxy) is 1. The fraction of sp³-hybridized carbons (Fsp3) is 0.154. The van der Waals surface area contributed by atoms with Crippen LogP contribution in [0.4, 0.5) is 4.79 Å². The normalized spacial score (nSPS) is 16.2. The molecule has 3 amide bonds. The predicted molar refractivity (Wildman–Crippen MR) is 67.9 cm³/mol. The van der Waals surface area contributed by atoms with Crippen molar-refractivity contribution in [2.45, 2.75) is 0 Å². The first-order valence-corrected chi connectivity index (χ1v) is 5.83. The van der Waals surface area contributed by atoms with Crippen molar-refractivity contribution in [3.63, 3.8) is 0 Å². The van der Waals surface area contributed by atoms with Crippen molar-refractivity contribution in [1.82, 2.24) is 10.2 Å². The zero-order valence-corrected chi connectivity index (χ0v) is 11.0. The van der Waals surface area contributed by atoms with E-state index in [0.717, 1.165) is 0 Å². The van der Waals surface area contributed by atoms with Crippen molar-refractivity contribution in [2.75, 3.05) is 13.7 Å². The maximum atomic E-state index is 11.9. The van der Waals surface area contributed by atoms with E-state index in [1.54, 1.807) is 6.07 Å². The number of carbonyl (C=O) groups is 3. The number of carboxylic acid groups (broad SMARTS) is 1. The number of nitrogens with one attached hydrogen (secondary N) is 1. The molecular weight excluding hydrogens is 280 g/mol. The number of benzene rings is 1. The average Bonchev–Trinajstić information content (AvgIpc) is 2.66. The lowest BCUT2D eigenvalue weighted by atomic mass is 10.1. The summed E-state index contributed by atoms with van der Waals surface area (Å²) in [6.07, 6.45) is 1.31. The largest absolute Gasteiger partial charge is 0.548 e. The van der Waals surface area contributed by atoms with E-state index in [1.165, 1.54) is 25.3 Å². The van der Waals surface area contributed by atoms with Gasteiger partial charge in [0.15, 0.2) is 11.5 Å². The van der Waals surface area contributed by atoms with Crippen molar-refractivity contribution < 1.29 is 29.3 Å². The van der Waals surface area contributed by atoms with Gasteiger partial charge in [0.25, 0.3) is 5.91 Å². The number of carboxylic acids is 1. The molecule has 0 radical (unpaired) electrons. The molecule has 1 aliphatic rings. The highest BCUT2D eigenvalue weighted by Gasteiger charge is 2.33. The number of aliphatic carboxylic acids is 1. The summed E-state index contributed by atoms with van der Waals surface area (Å²) in [5.74, 6) is -2.19. The zero-order valence-electron chi connectivity index (χ0n) is 11.0. The van der Waals surface area contributed by atoms with Gasteiger partial charge in [-0.2, -0.15) is 0 Å². The average molecular weight is 291 g/mol. The first-order valence-electron chi connectivity index (χ1n) is 5.83. The van der Waals surface area contributed by atoms with Crippen LogP contribution in [0.1, 0.15) is 5.56 Å². The predicted octanol–water partition coefficient (Wildman–Crippen LogP) is -0.957. The smallest absolute Gasteiger partial charge is 0.329 e. The molecule has 110 valence electrons. The Kier molecular flexibility index (Phi) is 3.79. The summed E-state index contributed by atoms with van der Waals surface area (Å²) < 4.78 is 4.88. The molecule has 1 fully saturated rings. The van der Waals surface area contributed by atoms with Gasteiger partial charge < -0.3 is 25.1 Å². The first kappa shape index (κ1) is 14.4. The molecule has 8 heteroatoms. The van der Waals surface area contributed by atoms with Gasteiger partial charge in [0.1, 0.15) is 5.70 Å². The van der Waals surface area contributed by atoms with Crippen LogP contribution in [0.25, 0.3) is 6.08 Å². The Bertz CT molecular complexity index is 652. The molecule has 0 spiro atoms. The minimum absolute atomic E-state index is 0.0918. The van der Waals surface area contributed by atoms with E-state index < -0.39 is 24.5 Å². The molecule has 0 aromatic heterocycles. The maximum absolute atomic E-state index is 11.9. The summed E-state index contributed by atoms with van der Waals surface area (Å²) in [5.41, 5.74) is 0.345. The quantitative estimate of drug-likeness (QED) is 0.545. The van der Waals surface area contributed by atoms with Gasteiger partial charge in [-0.05, 0) is 23.8 Å². The van der Waals surface area contributed by atoms with Crippen molar-refractivity contribution in [2.24, 2.45) is 0 Å². The Labute approximate surface area is 119 Å². The number of hydrogen-bond donors (Lipinski definition) is 2. The molecule has 0 bridgehead atoms. The van der Waals surface area contributed by atoms with Gasteiger partial charge >= 0.3 is 6.03 Å². The lowest BCUT2D eigenvalue weighted by Crippen LogP contribution is -2.41.